The summed E-state index contributed by atoms with van der Waals surface area (Å²) in [6.07, 6.45) is 6.63. The second kappa shape index (κ2) is 7.05. The molecule has 2 aromatic heterocycles. The number of aromatic nitrogens is 3. The molecule has 0 aliphatic carbocycles. The van der Waals surface area contributed by atoms with Gasteiger partial charge in [0.05, 0.1) is 11.0 Å². The van der Waals surface area contributed by atoms with Crippen molar-refractivity contribution in [3.8, 4) is 0 Å². The molecular weight excluding hydrogens is 288 g/mol. The van der Waals surface area contributed by atoms with Crippen molar-refractivity contribution < 1.29 is 4.79 Å². The van der Waals surface area contributed by atoms with Crippen LogP contribution in [0, 0.1) is 0 Å². The number of nitrogens with zero attached hydrogens (tertiary/aromatic N) is 2. The fourth-order valence-electron chi connectivity index (χ4n) is 2.53. The van der Waals surface area contributed by atoms with Crippen molar-refractivity contribution in [2.45, 2.75) is 32.6 Å². The van der Waals surface area contributed by atoms with Gasteiger partial charge in [-0.3, -0.25) is 9.78 Å². The molecule has 5 heteroatoms. The van der Waals surface area contributed by atoms with Crippen molar-refractivity contribution in [2.75, 3.05) is 5.32 Å². The predicted octanol–water partition coefficient (Wildman–Crippen LogP) is 3.48. The van der Waals surface area contributed by atoms with Crippen LogP contribution in [0.3, 0.4) is 0 Å². The van der Waals surface area contributed by atoms with Gasteiger partial charge in [0.25, 0.3) is 0 Å². The van der Waals surface area contributed by atoms with Crippen molar-refractivity contribution in [3.05, 3.63) is 54.1 Å². The lowest BCUT2D eigenvalue weighted by atomic mass is 10.1. The van der Waals surface area contributed by atoms with E-state index in [2.05, 4.69) is 27.2 Å². The van der Waals surface area contributed by atoms with E-state index in [4.69, 9.17) is 0 Å². The van der Waals surface area contributed by atoms with E-state index in [-0.39, 0.29) is 5.91 Å². The predicted molar refractivity (Wildman–Crippen MR) is 91.3 cm³/mol. The van der Waals surface area contributed by atoms with Gasteiger partial charge in [0.15, 0.2) is 0 Å². The summed E-state index contributed by atoms with van der Waals surface area (Å²) in [7, 11) is 0. The summed E-state index contributed by atoms with van der Waals surface area (Å²) < 4.78 is 0. The number of nitrogens with one attached hydrogen (secondary N) is 2. The minimum atomic E-state index is 0.0358. The highest BCUT2D eigenvalue weighted by Crippen LogP contribution is 2.18. The van der Waals surface area contributed by atoms with Gasteiger partial charge in [-0.25, -0.2) is 4.98 Å². The Bertz CT molecular complexity index is 795. The lowest BCUT2D eigenvalue weighted by Crippen LogP contribution is -2.11. The Morgan fingerprint density at radius 2 is 2.04 bits per heavy atom. The molecule has 0 bridgehead atoms. The molecule has 1 aromatic carbocycles. The first kappa shape index (κ1) is 15.2. The van der Waals surface area contributed by atoms with Crippen LogP contribution >= 0.6 is 0 Å². The molecule has 0 fully saturated rings. The van der Waals surface area contributed by atoms with E-state index in [9.17, 15) is 4.79 Å². The molecule has 0 unspecified atom stereocenters. The molecule has 0 saturated carbocycles. The number of anilines is 1. The summed E-state index contributed by atoms with van der Waals surface area (Å²) in [5.74, 6) is 0.995. The van der Waals surface area contributed by atoms with Gasteiger partial charge < -0.3 is 10.3 Å². The van der Waals surface area contributed by atoms with Crippen molar-refractivity contribution in [1.29, 1.82) is 0 Å². The molecular formula is C18H20N4O. The molecule has 0 saturated heterocycles. The monoisotopic (exact) mass is 308 g/mol. The van der Waals surface area contributed by atoms with E-state index < -0.39 is 0 Å². The summed E-state index contributed by atoms with van der Waals surface area (Å²) in [5.41, 5.74) is 3.89. The molecule has 3 rings (SSSR count). The van der Waals surface area contributed by atoms with Gasteiger partial charge >= 0.3 is 0 Å². The van der Waals surface area contributed by atoms with Gasteiger partial charge in [0.1, 0.15) is 5.82 Å². The molecule has 0 atom stereocenters. The summed E-state index contributed by atoms with van der Waals surface area (Å²) in [6, 6.07) is 9.72. The molecule has 0 aliphatic heterocycles. The molecule has 1 amide bonds. The zero-order valence-electron chi connectivity index (χ0n) is 13.2. The Hall–Kier alpha value is -2.69. The van der Waals surface area contributed by atoms with Crippen LogP contribution in [0.1, 0.15) is 31.2 Å². The maximum absolute atomic E-state index is 12.1. The number of pyridine rings is 1. The fraction of sp³-hybridized carbons (Fsp3) is 0.278. The van der Waals surface area contributed by atoms with E-state index in [1.54, 1.807) is 12.4 Å². The lowest BCUT2D eigenvalue weighted by Gasteiger charge is -2.05. The molecule has 0 spiro atoms. The number of carbonyl (C=O) groups excluding carboxylic acids is 1. The Morgan fingerprint density at radius 1 is 1.22 bits per heavy atom. The van der Waals surface area contributed by atoms with E-state index >= 15 is 0 Å². The fourth-order valence-corrected chi connectivity index (χ4v) is 2.53. The number of benzene rings is 1. The minimum absolute atomic E-state index is 0.0358. The first-order valence-corrected chi connectivity index (χ1v) is 7.92. The highest BCUT2D eigenvalue weighted by molar-refractivity contribution is 5.93. The van der Waals surface area contributed by atoms with Gasteiger partial charge in [-0.05, 0) is 48.7 Å². The van der Waals surface area contributed by atoms with Crippen LogP contribution in [0.2, 0.25) is 0 Å². The van der Waals surface area contributed by atoms with Crippen LogP contribution in [-0.4, -0.2) is 20.9 Å². The third-order valence-corrected chi connectivity index (χ3v) is 3.77. The van der Waals surface area contributed by atoms with Crippen LogP contribution in [0.25, 0.3) is 11.0 Å². The number of H-pyrrole nitrogens is 1. The lowest BCUT2D eigenvalue weighted by molar-refractivity contribution is -0.116. The van der Waals surface area contributed by atoms with Gasteiger partial charge in [0.2, 0.25) is 5.91 Å². The van der Waals surface area contributed by atoms with Gasteiger partial charge in [-0.2, -0.15) is 0 Å². The number of carbonyl (C=O) groups is 1. The number of hydrogen-bond donors (Lipinski definition) is 2. The number of fused-ring (bicyclic) bond motifs is 1. The largest absolute Gasteiger partial charge is 0.342 e. The molecule has 5 nitrogen and oxygen atoms in total. The number of rotatable bonds is 6. The quantitative estimate of drug-likeness (QED) is 0.732. The van der Waals surface area contributed by atoms with E-state index in [0.717, 1.165) is 41.8 Å². The average molecular weight is 308 g/mol. The SMILES string of the molecule is CCc1nc2ccc(NC(=O)CCCc3ccncc3)cc2[nH]1. The second-order valence-corrected chi connectivity index (χ2v) is 5.53. The zero-order valence-corrected chi connectivity index (χ0v) is 13.2. The summed E-state index contributed by atoms with van der Waals surface area (Å²) in [4.78, 5) is 23.8. The summed E-state index contributed by atoms with van der Waals surface area (Å²) >= 11 is 0. The van der Waals surface area contributed by atoms with Crippen molar-refractivity contribution in [2.24, 2.45) is 0 Å². The Morgan fingerprint density at radius 3 is 2.83 bits per heavy atom. The number of hydrogen-bond acceptors (Lipinski definition) is 3. The zero-order chi connectivity index (χ0) is 16.1. The summed E-state index contributed by atoms with van der Waals surface area (Å²) in [5, 5.41) is 2.95. The van der Waals surface area contributed by atoms with E-state index in [0.29, 0.717) is 6.42 Å². The van der Waals surface area contributed by atoms with E-state index in [1.807, 2.05) is 30.3 Å². The third kappa shape index (κ3) is 3.94. The second-order valence-electron chi connectivity index (χ2n) is 5.53. The molecule has 2 heterocycles. The minimum Gasteiger partial charge on any atom is -0.342 e. The Balaban J connectivity index is 1.55. The highest BCUT2D eigenvalue weighted by Gasteiger charge is 2.06. The number of imidazole rings is 1. The first-order chi connectivity index (χ1) is 11.2. The molecule has 0 aliphatic rings. The van der Waals surface area contributed by atoms with Crippen LogP contribution in [-0.2, 0) is 17.6 Å². The van der Waals surface area contributed by atoms with Crippen LogP contribution < -0.4 is 5.32 Å². The maximum atomic E-state index is 12.1. The maximum Gasteiger partial charge on any atom is 0.224 e. The molecule has 0 radical (unpaired) electrons. The van der Waals surface area contributed by atoms with Crippen LogP contribution in [0.15, 0.2) is 42.7 Å². The summed E-state index contributed by atoms with van der Waals surface area (Å²) in [6.45, 7) is 2.06. The van der Waals surface area contributed by atoms with Crippen LogP contribution in [0.4, 0.5) is 5.69 Å². The van der Waals surface area contributed by atoms with Crippen molar-refractivity contribution >= 4 is 22.6 Å². The standard InChI is InChI=1S/C18H20N4O/c1-2-17-21-15-7-6-14(12-16(15)22-17)20-18(23)5-3-4-13-8-10-19-11-9-13/h6-12H,2-5H2,1H3,(H,20,23)(H,21,22). The Labute approximate surface area is 135 Å². The number of amides is 1. The van der Waals surface area contributed by atoms with Crippen molar-refractivity contribution in [3.63, 3.8) is 0 Å². The molecule has 3 aromatic rings. The normalized spacial score (nSPS) is 10.8. The van der Waals surface area contributed by atoms with Gasteiger partial charge in [-0.15, -0.1) is 0 Å². The third-order valence-electron chi connectivity index (χ3n) is 3.77. The van der Waals surface area contributed by atoms with Gasteiger partial charge in [-0.1, -0.05) is 6.92 Å². The number of aromatic amines is 1. The number of aryl methyl sites for hydroxylation is 2. The van der Waals surface area contributed by atoms with Gasteiger partial charge in [0, 0.05) is 30.9 Å². The molecule has 118 valence electrons. The average Bonchev–Trinajstić information content (AvgIpc) is 2.98. The smallest absolute Gasteiger partial charge is 0.224 e. The van der Waals surface area contributed by atoms with E-state index in [1.165, 1.54) is 5.56 Å². The van der Waals surface area contributed by atoms with Crippen LogP contribution in [0.5, 0.6) is 0 Å². The first-order valence-electron chi connectivity index (χ1n) is 7.92. The Kier molecular flexibility index (Phi) is 4.66. The molecule has 23 heavy (non-hydrogen) atoms. The highest BCUT2D eigenvalue weighted by atomic mass is 16.1. The van der Waals surface area contributed by atoms with Crippen molar-refractivity contribution in [1.82, 2.24) is 15.0 Å². The topological polar surface area (TPSA) is 70.7 Å². The molecule has 2 N–H and O–H groups in total.